The zero-order chi connectivity index (χ0) is 18.2. The van der Waals surface area contributed by atoms with Gasteiger partial charge in [0.05, 0.1) is 16.4 Å². The molecule has 8 nitrogen and oxygen atoms in total. The smallest absolute Gasteiger partial charge is 0.296 e. The van der Waals surface area contributed by atoms with E-state index in [2.05, 4.69) is 5.32 Å². The number of amides is 1. The molecule has 0 fully saturated rings. The van der Waals surface area contributed by atoms with Crippen molar-refractivity contribution in [3.63, 3.8) is 0 Å². The number of nitrogens with one attached hydrogen (secondary N) is 1. The van der Waals surface area contributed by atoms with Crippen molar-refractivity contribution in [1.82, 2.24) is 0 Å². The van der Waals surface area contributed by atoms with E-state index in [9.17, 15) is 14.9 Å². The van der Waals surface area contributed by atoms with Crippen LogP contribution in [0.4, 0.5) is 17.1 Å². The summed E-state index contributed by atoms with van der Waals surface area (Å²) in [6, 6.07) is 9.55. The zero-order valence-corrected chi connectivity index (χ0v) is 13.7. The van der Waals surface area contributed by atoms with Gasteiger partial charge < -0.3 is 20.5 Å². The summed E-state index contributed by atoms with van der Waals surface area (Å²) >= 11 is 0. The van der Waals surface area contributed by atoms with Crippen molar-refractivity contribution in [1.29, 1.82) is 0 Å². The van der Waals surface area contributed by atoms with E-state index in [4.69, 9.17) is 15.2 Å². The Labute approximate surface area is 143 Å². The van der Waals surface area contributed by atoms with Gasteiger partial charge in [0.1, 0.15) is 5.69 Å². The molecule has 0 bridgehead atoms. The normalized spacial score (nSPS) is 12.7. The largest absolute Gasteiger partial charge is 0.454 e. The summed E-state index contributed by atoms with van der Waals surface area (Å²) in [5, 5.41) is 13.9. The van der Waals surface area contributed by atoms with Gasteiger partial charge in [-0.3, -0.25) is 14.9 Å². The lowest BCUT2D eigenvalue weighted by atomic mass is 9.83. The lowest BCUT2D eigenvalue weighted by molar-refractivity contribution is -0.384. The third-order valence-corrected chi connectivity index (χ3v) is 4.14. The second-order valence-electron chi connectivity index (χ2n) is 6.18. The molecule has 0 atom stereocenters. The molecule has 0 radical (unpaired) electrons. The van der Waals surface area contributed by atoms with Gasteiger partial charge in [-0.2, -0.15) is 0 Å². The van der Waals surface area contributed by atoms with Crippen LogP contribution in [0.1, 0.15) is 19.4 Å². The highest BCUT2D eigenvalue weighted by atomic mass is 16.7. The first-order valence-corrected chi connectivity index (χ1v) is 7.54. The maximum Gasteiger partial charge on any atom is 0.296 e. The van der Waals surface area contributed by atoms with Crippen LogP contribution in [0.3, 0.4) is 0 Å². The van der Waals surface area contributed by atoms with E-state index >= 15 is 0 Å². The maximum absolute atomic E-state index is 12.8. The Morgan fingerprint density at radius 3 is 2.40 bits per heavy atom. The molecule has 8 heteroatoms. The van der Waals surface area contributed by atoms with Crippen LogP contribution < -0.4 is 20.5 Å². The molecule has 1 aliphatic heterocycles. The van der Waals surface area contributed by atoms with Crippen LogP contribution >= 0.6 is 0 Å². The summed E-state index contributed by atoms with van der Waals surface area (Å²) in [7, 11) is 0. The lowest BCUT2D eigenvalue weighted by Gasteiger charge is -2.24. The van der Waals surface area contributed by atoms with E-state index in [1.54, 1.807) is 38.1 Å². The molecule has 0 saturated carbocycles. The Balaban J connectivity index is 1.92. The number of nitro benzene ring substituents is 1. The summed E-state index contributed by atoms with van der Waals surface area (Å²) in [5.41, 5.74) is 5.88. The Morgan fingerprint density at radius 2 is 1.80 bits per heavy atom. The molecule has 0 spiro atoms. The first kappa shape index (κ1) is 16.6. The van der Waals surface area contributed by atoms with E-state index < -0.39 is 10.3 Å². The molecule has 0 saturated heterocycles. The molecule has 1 heterocycles. The maximum atomic E-state index is 12.8. The third-order valence-electron chi connectivity index (χ3n) is 4.14. The molecule has 0 aliphatic carbocycles. The predicted molar refractivity (Wildman–Crippen MR) is 91.7 cm³/mol. The van der Waals surface area contributed by atoms with Crippen LogP contribution in [-0.2, 0) is 10.2 Å². The van der Waals surface area contributed by atoms with Crippen molar-refractivity contribution < 1.29 is 19.2 Å². The Kier molecular flexibility index (Phi) is 3.96. The molecule has 1 aliphatic rings. The minimum atomic E-state index is -0.919. The van der Waals surface area contributed by atoms with E-state index in [-0.39, 0.29) is 29.8 Å². The molecule has 2 aromatic carbocycles. The first-order valence-electron chi connectivity index (χ1n) is 7.54. The van der Waals surface area contributed by atoms with Gasteiger partial charge in [0.25, 0.3) is 5.69 Å². The monoisotopic (exact) mass is 343 g/mol. The zero-order valence-electron chi connectivity index (χ0n) is 13.7. The summed E-state index contributed by atoms with van der Waals surface area (Å²) in [6.45, 7) is 3.44. The molecule has 0 unspecified atom stereocenters. The number of benzene rings is 2. The SMILES string of the molecule is CC(C)(C(=O)Nc1cc2c(cc1[N+](=O)[O-])OCO2)c1ccc(N)cc1. The van der Waals surface area contributed by atoms with Crippen molar-refractivity contribution >= 4 is 23.0 Å². The molecule has 0 aromatic heterocycles. The topological polar surface area (TPSA) is 117 Å². The van der Waals surface area contributed by atoms with Gasteiger partial charge in [-0.15, -0.1) is 0 Å². The summed E-state index contributed by atoms with van der Waals surface area (Å²) < 4.78 is 10.4. The van der Waals surface area contributed by atoms with Gasteiger partial charge in [0.15, 0.2) is 11.5 Å². The molecule has 130 valence electrons. The van der Waals surface area contributed by atoms with Crippen molar-refractivity contribution in [2.75, 3.05) is 17.8 Å². The van der Waals surface area contributed by atoms with Crippen LogP contribution in [-0.4, -0.2) is 17.6 Å². The van der Waals surface area contributed by atoms with Gasteiger partial charge in [-0.1, -0.05) is 12.1 Å². The van der Waals surface area contributed by atoms with Gasteiger partial charge in [0.2, 0.25) is 12.7 Å². The van der Waals surface area contributed by atoms with E-state index in [1.165, 1.54) is 12.1 Å². The van der Waals surface area contributed by atoms with Crippen LogP contribution in [0.15, 0.2) is 36.4 Å². The predicted octanol–water partition coefficient (Wildman–Crippen LogP) is 2.82. The number of fused-ring (bicyclic) bond motifs is 1. The van der Waals surface area contributed by atoms with Gasteiger partial charge in [0, 0.05) is 11.8 Å². The van der Waals surface area contributed by atoms with Crippen molar-refractivity contribution in [3.05, 3.63) is 52.1 Å². The minimum absolute atomic E-state index is 0.0131. The number of nitrogens with zero attached hydrogens (tertiary/aromatic N) is 1. The second kappa shape index (κ2) is 5.97. The van der Waals surface area contributed by atoms with E-state index in [0.717, 1.165) is 5.56 Å². The van der Waals surface area contributed by atoms with Crippen LogP contribution in [0, 0.1) is 10.1 Å². The van der Waals surface area contributed by atoms with Crippen molar-refractivity contribution in [3.8, 4) is 11.5 Å². The Hall–Kier alpha value is -3.29. The molecular weight excluding hydrogens is 326 g/mol. The molecule has 3 N–H and O–H groups in total. The Bertz CT molecular complexity index is 846. The summed E-state index contributed by atoms with van der Waals surface area (Å²) in [4.78, 5) is 23.5. The molecule has 1 amide bonds. The molecule has 25 heavy (non-hydrogen) atoms. The van der Waals surface area contributed by atoms with Gasteiger partial charge >= 0.3 is 0 Å². The average molecular weight is 343 g/mol. The van der Waals surface area contributed by atoms with Crippen LogP contribution in [0.5, 0.6) is 11.5 Å². The Morgan fingerprint density at radius 1 is 1.20 bits per heavy atom. The number of hydrogen-bond acceptors (Lipinski definition) is 6. The highest BCUT2D eigenvalue weighted by Crippen LogP contribution is 2.41. The number of carbonyl (C=O) groups is 1. The van der Waals surface area contributed by atoms with Gasteiger partial charge in [-0.05, 0) is 31.5 Å². The van der Waals surface area contributed by atoms with Crippen molar-refractivity contribution in [2.45, 2.75) is 19.3 Å². The molecule has 2 aromatic rings. The summed E-state index contributed by atoms with van der Waals surface area (Å²) in [5.74, 6) is 0.243. The summed E-state index contributed by atoms with van der Waals surface area (Å²) in [6.07, 6.45) is 0. The van der Waals surface area contributed by atoms with E-state index in [1.807, 2.05) is 0 Å². The lowest BCUT2D eigenvalue weighted by Crippen LogP contribution is -2.34. The number of rotatable bonds is 4. The number of nitrogen functional groups attached to an aromatic ring is 1. The van der Waals surface area contributed by atoms with Crippen molar-refractivity contribution in [2.24, 2.45) is 0 Å². The average Bonchev–Trinajstić information content (AvgIpc) is 3.01. The number of nitrogens with two attached hydrogens (primary N) is 1. The fourth-order valence-electron chi connectivity index (χ4n) is 2.49. The first-order chi connectivity index (χ1) is 11.8. The number of ether oxygens (including phenoxy) is 2. The number of anilines is 2. The minimum Gasteiger partial charge on any atom is -0.454 e. The standard InChI is InChI=1S/C17H17N3O5/c1-17(2,10-3-5-11(18)6-4-10)16(21)19-12-7-14-15(25-9-24-14)8-13(12)20(22)23/h3-8H,9,18H2,1-2H3,(H,19,21). The molecular formula is C17H17N3O5. The molecule has 3 rings (SSSR count). The van der Waals surface area contributed by atoms with Gasteiger partial charge in [-0.25, -0.2) is 0 Å². The number of carbonyl (C=O) groups excluding carboxylic acids is 1. The highest BCUT2D eigenvalue weighted by Gasteiger charge is 2.32. The quantitative estimate of drug-likeness (QED) is 0.501. The highest BCUT2D eigenvalue weighted by molar-refractivity contribution is 6.00. The van der Waals surface area contributed by atoms with E-state index in [0.29, 0.717) is 11.4 Å². The fourth-order valence-corrected chi connectivity index (χ4v) is 2.49. The third kappa shape index (κ3) is 3.06. The van der Waals surface area contributed by atoms with Crippen LogP contribution in [0.2, 0.25) is 0 Å². The number of hydrogen-bond donors (Lipinski definition) is 2. The van der Waals surface area contributed by atoms with Crippen LogP contribution in [0.25, 0.3) is 0 Å². The number of nitro groups is 1. The second-order valence-corrected chi connectivity index (χ2v) is 6.18. The fraction of sp³-hybridized carbons (Fsp3) is 0.235.